The second kappa shape index (κ2) is 2.67. The molecular formula is C2H5OPS. The number of rotatable bonds is 0. The van der Waals surface area contributed by atoms with E-state index in [1.807, 2.05) is 6.92 Å². The Morgan fingerprint density at radius 3 is 2.20 bits per heavy atom. The van der Waals surface area contributed by atoms with Crippen molar-refractivity contribution in [2.75, 3.05) is 5.75 Å². The Hall–Kier alpha value is 0.450. The Labute approximate surface area is 35.3 Å². The summed E-state index contributed by atoms with van der Waals surface area (Å²) in [5.41, 5.74) is 0. The normalized spacial score (nSPS) is 7.20. The maximum absolute atomic E-state index is 9.79. The molecule has 0 aliphatic rings. The summed E-state index contributed by atoms with van der Waals surface area (Å²) >= 11 is 0. The van der Waals surface area contributed by atoms with Crippen LogP contribution in [0.25, 0.3) is 0 Å². The van der Waals surface area contributed by atoms with Crippen LogP contribution in [0.3, 0.4) is 0 Å². The zero-order chi connectivity index (χ0) is 4.28. The first kappa shape index (κ1) is 5.45. The van der Waals surface area contributed by atoms with E-state index in [2.05, 4.69) is 7.81 Å². The van der Waals surface area contributed by atoms with Gasteiger partial charge < -0.3 is 0 Å². The third-order valence-electron chi connectivity index (χ3n) is 0.247. The van der Waals surface area contributed by atoms with Crippen molar-refractivity contribution in [3.8, 4) is 0 Å². The van der Waals surface area contributed by atoms with Gasteiger partial charge >= 0.3 is 34.5 Å². The fraction of sp³-hybridized carbons (Fsp3) is 1.00. The summed E-state index contributed by atoms with van der Waals surface area (Å²) < 4.78 is 9.79. The average molecular weight is 108 g/mol. The van der Waals surface area contributed by atoms with Gasteiger partial charge in [0.25, 0.3) is 0 Å². The van der Waals surface area contributed by atoms with Crippen LogP contribution < -0.4 is 0 Å². The van der Waals surface area contributed by atoms with E-state index in [4.69, 9.17) is 0 Å². The summed E-state index contributed by atoms with van der Waals surface area (Å²) in [4.78, 5) is 0. The van der Waals surface area contributed by atoms with Crippen molar-refractivity contribution >= 4 is 17.6 Å². The van der Waals surface area contributed by atoms with E-state index in [1.54, 1.807) is 0 Å². The molecule has 0 saturated heterocycles. The molecule has 0 aliphatic heterocycles. The molecule has 3 heteroatoms. The molecule has 0 bridgehead atoms. The van der Waals surface area contributed by atoms with Crippen molar-refractivity contribution in [3.05, 3.63) is 0 Å². The Morgan fingerprint density at radius 2 is 2.20 bits per heavy atom. The average Bonchev–Trinajstić information content (AvgIpc) is 1.38. The molecule has 30 valence electrons. The Morgan fingerprint density at radius 1 is 2.00 bits per heavy atom. The molecule has 0 aromatic rings. The first-order valence-electron chi connectivity index (χ1n) is 1.35. The maximum atomic E-state index is 9.79. The van der Waals surface area contributed by atoms with Gasteiger partial charge in [0.2, 0.25) is 0 Å². The third-order valence-corrected chi connectivity index (χ3v) is 1.52. The molecule has 0 aromatic carbocycles. The van der Waals surface area contributed by atoms with Crippen LogP contribution in [0.4, 0.5) is 0 Å². The minimum atomic E-state index is -0.878. The zero-order valence-electron chi connectivity index (χ0n) is 2.97. The topological polar surface area (TPSA) is 17.1 Å². The summed E-state index contributed by atoms with van der Waals surface area (Å²) in [5.74, 6) is 0.642. The van der Waals surface area contributed by atoms with Crippen LogP contribution in [0.5, 0.6) is 0 Å². The van der Waals surface area contributed by atoms with Crippen LogP contribution in [-0.4, -0.2) is 9.96 Å². The molecule has 0 spiro atoms. The van der Waals surface area contributed by atoms with Gasteiger partial charge in [-0.3, -0.25) is 0 Å². The SMILES string of the molecule is CCS(=O)#P. The molecule has 0 aliphatic carbocycles. The quantitative estimate of drug-likeness (QED) is 0.424. The fourth-order valence-electron chi connectivity index (χ4n) is 0. The molecule has 0 radical (unpaired) electrons. The van der Waals surface area contributed by atoms with E-state index in [0.29, 0.717) is 5.75 Å². The molecule has 0 rings (SSSR count). The Kier molecular flexibility index (Phi) is 2.92. The van der Waals surface area contributed by atoms with Gasteiger partial charge in [-0.15, -0.1) is 0 Å². The van der Waals surface area contributed by atoms with E-state index in [-0.39, 0.29) is 0 Å². The predicted octanol–water partition coefficient (Wildman–Crippen LogP) is 1.08. The monoisotopic (exact) mass is 108 g/mol. The standard InChI is InChI=1S/C2H5OPS/c1-2-5(3)4/h2H2,1H3. The molecule has 0 N–H and O–H groups in total. The van der Waals surface area contributed by atoms with Crippen molar-refractivity contribution in [1.29, 1.82) is 0 Å². The Bertz CT molecular complexity index is 111. The number of hydrogen-bond acceptors (Lipinski definition) is 1. The van der Waals surface area contributed by atoms with Crippen LogP contribution in [-0.2, 0) is 9.78 Å². The van der Waals surface area contributed by atoms with Gasteiger partial charge in [-0.2, -0.15) is 0 Å². The third kappa shape index (κ3) is 4.45. The first-order chi connectivity index (χ1) is 2.27. The van der Waals surface area contributed by atoms with Crippen molar-refractivity contribution in [3.63, 3.8) is 0 Å². The molecule has 0 unspecified atom stereocenters. The van der Waals surface area contributed by atoms with Crippen LogP contribution >= 0.6 is 7.81 Å². The van der Waals surface area contributed by atoms with Crippen LogP contribution in [0.1, 0.15) is 6.92 Å². The molecular weight excluding hydrogens is 103 g/mol. The summed E-state index contributed by atoms with van der Waals surface area (Å²) in [6.45, 7) is 1.82. The molecule has 5 heavy (non-hydrogen) atoms. The molecule has 1 nitrogen and oxygen atoms in total. The van der Waals surface area contributed by atoms with Gasteiger partial charge in [0.1, 0.15) is 0 Å². The molecule has 0 fully saturated rings. The van der Waals surface area contributed by atoms with E-state index in [0.717, 1.165) is 0 Å². The first-order valence-corrected chi connectivity index (χ1v) is 3.72. The van der Waals surface area contributed by atoms with E-state index >= 15 is 0 Å². The molecule has 0 saturated carbocycles. The van der Waals surface area contributed by atoms with Gasteiger partial charge in [-0.25, -0.2) is 0 Å². The van der Waals surface area contributed by atoms with Crippen LogP contribution in [0.2, 0.25) is 0 Å². The zero-order valence-corrected chi connectivity index (χ0v) is 4.68. The second-order valence-electron chi connectivity index (χ2n) is 0.610. The van der Waals surface area contributed by atoms with Crippen molar-refractivity contribution in [1.82, 2.24) is 0 Å². The van der Waals surface area contributed by atoms with Crippen molar-refractivity contribution < 1.29 is 4.21 Å². The van der Waals surface area contributed by atoms with E-state index < -0.39 is 9.78 Å². The number of hydrogen-bond donors (Lipinski definition) is 0. The molecule has 0 aromatic heterocycles. The summed E-state index contributed by atoms with van der Waals surface area (Å²) in [5, 5.41) is 0. The summed E-state index contributed by atoms with van der Waals surface area (Å²) in [6, 6.07) is 0. The van der Waals surface area contributed by atoms with Crippen LogP contribution in [0, 0.1) is 0 Å². The minimum absolute atomic E-state index is 0.642. The van der Waals surface area contributed by atoms with Crippen LogP contribution in [0.15, 0.2) is 0 Å². The molecule has 0 atom stereocenters. The summed E-state index contributed by atoms with van der Waals surface area (Å²) in [7, 11) is 2.69. The summed E-state index contributed by atoms with van der Waals surface area (Å²) in [6.07, 6.45) is 0. The van der Waals surface area contributed by atoms with E-state index in [1.165, 1.54) is 0 Å². The van der Waals surface area contributed by atoms with E-state index in [9.17, 15) is 4.21 Å². The second-order valence-corrected chi connectivity index (χ2v) is 3.05. The van der Waals surface area contributed by atoms with Gasteiger partial charge in [0.05, 0.1) is 0 Å². The van der Waals surface area contributed by atoms with Gasteiger partial charge in [0.15, 0.2) is 0 Å². The van der Waals surface area contributed by atoms with Gasteiger partial charge in [-0.05, 0) is 0 Å². The molecule has 0 amide bonds. The van der Waals surface area contributed by atoms with Gasteiger partial charge in [0, 0.05) is 0 Å². The predicted molar refractivity (Wildman–Crippen MR) is 25.6 cm³/mol. The Balaban J connectivity index is 3.39. The van der Waals surface area contributed by atoms with Crippen molar-refractivity contribution in [2.45, 2.75) is 6.92 Å². The molecule has 0 heterocycles. The fourth-order valence-corrected chi connectivity index (χ4v) is 0. The van der Waals surface area contributed by atoms with Crippen molar-refractivity contribution in [2.24, 2.45) is 0 Å². The van der Waals surface area contributed by atoms with Gasteiger partial charge in [-0.1, -0.05) is 0 Å².